The lowest BCUT2D eigenvalue weighted by atomic mass is 10.4. The van der Waals surface area contributed by atoms with Crippen LogP contribution < -0.4 is 0 Å². The first-order chi connectivity index (χ1) is 5.04. The predicted molar refractivity (Wildman–Crippen MR) is 42.9 cm³/mol. The molecule has 0 aliphatic rings. The van der Waals surface area contributed by atoms with Crippen LogP contribution >= 0.6 is 11.8 Å². The summed E-state index contributed by atoms with van der Waals surface area (Å²) < 4.78 is 23.1. The third kappa shape index (κ3) is 6.04. The van der Waals surface area contributed by atoms with Gasteiger partial charge in [0.15, 0.2) is 0 Å². The molecule has 64 valence electrons. The Labute approximate surface area is 68.9 Å². The minimum absolute atomic E-state index is 0.170. The van der Waals surface area contributed by atoms with Crippen LogP contribution in [0, 0.1) is 0 Å². The molecule has 0 aromatic carbocycles. The van der Waals surface area contributed by atoms with Crippen LogP contribution in [-0.2, 0) is 4.79 Å². The van der Waals surface area contributed by atoms with Crippen molar-refractivity contribution >= 4 is 16.9 Å². The van der Waals surface area contributed by atoms with E-state index >= 15 is 0 Å². The molecular formula is C7H10F2OS. The standard InChI is InChI=1S/C7H10F2OS/c1-5(2)7(10)11-4-3-6(8)9/h6H,1,3-4H2,2H3. The highest BCUT2D eigenvalue weighted by Gasteiger charge is 2.06. The Bertz CT molecular complexity index is 157. The van der Waals surface area contributed by atoms with Crippen LogP contribution in [0.1, 0.15) is 13.3 Å². The van der Waals surface area contributed by atoms with Crippen molar-refractivity contribution in [3.63, 3.8) is 0 Å². The van der Waals surface area contributed by atoms with E-state index in [4.69, 9.17) is 0 Å². The molecule has 0 atom stereocenters. The Balaban J connectivity index is 3.40. The van der Waals surface area contributed by atoms with Crippen LogP contribution in [0.5, 0.6) is 0 Å². The quantitative estimate of drug-likeness (QED) is 0.618. The number of hydrogen-bond acceptors (Lipinski definition) is 2. The van der Waals surface area contributed by atoms with E-state index in [1.54, 1.807) is 6.92 Å². The molecule has 0 rings (SSSR count). The fourth-order valence-electron chi connectivity index (χ4n) is 0.364. The van der Waals surface area contributed by atoms with E-state index in [-0.39, 0.29) is 17.3 Å². The molecule has 11 heavy (non-hydrogen) atoms. The van der Waals surface area contributed by atoms with E-state index in [1.807, 2.05) is 0 Å². The molecule has 0 spiro atoms. The fourth-order valence-corrected chi connectivity index (χ4v) is 1.09. The summed E-state index contributed by atoms with van der Waals surface area (Å²) in [5.74, 6) is 0.170. The zero-order chi connectivity index (χ0) is 8.85. The molecule has 0 N–H and O–H groups in total. The van der Waals surface area contributed by atoms with E-state index in [0.29, 0.717) is 5.57 Å². The first-order valence-corrected chi connectivity index (χ1v) is 4.13. The van der Waals surface area contributed by atoms with Crippen molar-refractivity contribution in [2.45, 2.75) is 19.8 Å². The van der Waals surface area contributed by atoms with E-state index in [1.165, 1.54) is 0 Å². The minimum atomic E-state index is -2.32. The maximum absolute atomic E-state index is 11.5. The second kappa shape index (κ2) is 5.29. The molecule has 0 saturated carbocycles. The number of halogens is 2. The number of carbonyl (C=O) groups excluding carboxylic acids is 1. The molecule has 0 aromatic heterocycles. The third-order valence-electron chi connectivity index (χ3n) is 0.918. The number of carbonyl (C=O) groups is 1. The predicted octanol–water partition coefficient (Wildman–Crippen LogP) is 2.48. The summed E-state index contributed by atoms with van der Waals surface area (Å²) in [6.45, 7) is 4.96. The lowest BCUT2D eigenvalue weighted by Crippen LogP contribution is -1.97. The molecule has 4 heteroatoms. The average molecular weight is 180 g/mol. The largest absolute Gasteiger partial charge is 0.282 e. The van der Waals surface area contributed by atoms with Gasteiger partial charge in [-0.3, -0.25) is 4.79 Å². The molecule has 0 fully saturated rings. The molecule has 0 saturated heterocycles. The third-order valence-corrected chi connectivity index (χ3v) is 1.97. The van der Waals surface area contributed by atoms with Crippen LogP contribution in [0.2, 0.25) is 0 Å². The lowest BCUT2D eigenvalue weighted by Gasteiger charge is -1.98. The van der Waals surface area contributed by atoms with Crippen molar-refractivity contribution in [2.75, 3.05) is 5.75 Å². The average Bonchev–Trinajstić information content (AvgIpc) is 1.86. The molecule has 0 unspecified atom stereocenters. The van der Waals surface area contributed by atoms with Crippen LogP contribution in [-0.4, -0.2) is 17.3 Å². The summed E-state index contributed by atoms with van der Waals surface area (Å²) >= 11 is 0.894. The summed E-state index contributed by atoms with van der Waals surface area (Å²) in [7, 11) is 0. The van der Waals surface area contributed by atoms with Gasteiger partial charge in [0.2, 0.25) is 11.5 Å². The van der Waals surface area contributed by atoms with Crippen molar-refractivity contribution in [3.8, 4) is 0 Å². The van der Waals surface area contributed by atoms with Gasteiger partial charge in [-0.25, -0.2) is 8.78 Å². The van der Waals surface area contributed by atoms with Gasteiger partial charge in [0, 0.05) is 12.2 Å². The topological polar surface area (TPSA) is 17.1 Å². The first kappa shape index (κ1) is 10.6. The van der Waals surface area contributed by atoms with Crippen molar-refractivity contribution < 1.29 is 13.6 Å². The summed E-state index contributed by atoms with van der Waals surface area (Å²) in [4.78, 5) is 10.7. The zero-order valence-electron chi connectivity index (χ0n) is 6.27. The Morgan fingerprint density at radius 3 is 2.55 bits per heavy atom. The first-order valence-electron chi connectivity index (χ1n) is 3.15. The Kier molecular flexibility index (Phi) is 5.11. The summed E-state index contributed by atoms with van der Waals surface area (Å²) in [5.41, 5.74) is 0.407. The molecule has 0 amide bonds. The number of hydrogen-bond donors (Lipinski definition) is 0. The summed E-state index contributed by atoms with van der Waals surface area (Å²) in [6, 6.07) is 0. The highest BCUT2D eigenvalue weighted by molar-refractivity contribution is 8.14. The van der Waals surface area contributed by atoms with Gasteiger partial charge < -0.3 is 0 Å². The van der Waals surface area contributed by atoms with Gasteiger partial charge in [0.25, 0.3) is 0 Å². The molecule has 0 aromatic rings. The summed E-state index contributed by atoms with van der Waals surface area (Å²) in [6.07, 6.45) is -2.55. The molecule has 0 radical (unpaired) electrons. The molecule has 0 heterocycles. The number of thioether (sulfide) groups is 1. The minimum Gasteiger partial charge on any atom is -0.282 e. The van der Waals surface area contributed by atoms with Gasteiger partial charge in [-0.05, 0) is 12.5 Å². The normalized spacial score (nSPS) is 10.2. The molecule has 1 nitrogen and oxygen atoms in total. The smallest absolute Gasteiger partial charge is 0.239 e. The van der Waals surface area contributed by atoms with Gasteiger partial charge in [-0.2, -0.15) is 0 Å². The molecule has 0 bridgehead atoms. The van der Waals surface area contributed by atoms with Crippen LogP contribution in [0.25, 0.3) is 0 Å². The van der Waals surface area contributed by atoms with Gasteiger partial charge in [0.1, 0.15) is 0 Å². The Morgan fingerprint density at radius 1 is 1.64 bits per heavy atom. The van der Waals surface area contributed by atoms with Gasteiger partial charge in [-0.15, -0.1) is 0 Å². The Morgan fingerprint density at radius 2 is 2.18 bits per heavy atom. The van der Waals surface area contributed by atoms with Crippen molar-refractivity contribution in [3.05, 3.63) is 12.2 Å². The second-order valence-corrected chi connectivity index (χ2v) is 3.16. The second-order valence-electron chi connectivity index (χ2n) is 2.10. The molecule has 0 aliphatic heterocycles. The maximum atomic E-state index is 11.5. The highest BCUT2D eigenvalue weighted by Crippen LogP contribution is 2.12. The van der Waals surface area contributed by atoms with Crippen LogP contribution in [0.4, 0.5) is 8.78 Å². The van der Waals surface area contributed by atoms with Crippen LogP contribution in [0.15, 0.2) is 12.2 Å². The van der Waals surface area contributed by atoms with Crippen molar-refractivity contribution in [1.82, 2.24) is 0 Å². The van der Waals surface area contributed by atoms with Crippen LogP contribution in [0.3, 0.4) is 0 Å². The molecular weight excluding hydrogens is 170 g/mol. The summed E-state index contributed by atoms with van der Waals surface area (Å²) in [5, 5.41) is -0.203. The van der Waals surface area contributed by atoms with Crippen molar-refractivity contribution in [2.24, 2.45) is 0 Å². The van der Waals surface area contributed by atoms with Gasteiger partial charge in [-0.1, -0.05) is 18.3 Å². The monoisotopic (exact) mass is 180 g/mol. The van der Waals surface area contributed by atoms with E-state index in [0.717, 1.165) is 11.8 Å². The van der Waals surface area contributed by atoms with E-state index in [2.05, 4.69) is 6.58 Å². The van der Waals surface area contributed by atoms with Gasteiger partial charge in [0.05, 0.1) is 0 Å². The molecule has 0 aliphatic carbocycles. The van der Waals surface area contributed by atoms with E-state index < -0.39 is 6.43 Å². The highest BCUT2D eigenvalue weighted by atomic mass is 32.2. The Hall–Kier alpha value is -0.380. The maximum Gasteiger partial charge on any atom is 0.239 e. The fraction of sp³-hybridized carbons (Fsp3) is 0.571. The van der Waals surface area contributed by atoms with Gasteiger partial charge >= 0.3 is 0 Å². The zero-order valence-corrected chi connectivity index (χ0v) is 7.09. The number of rotatable bonds is 4. The SMILES string of the molecule is C=C(C)C(=O)SCCC(F)F. The van der Waals surface area contributed by atoms with Crippen molar-refractivity contribution in [1.29, 1.82) is 0 Å². The number of alkyl halides is 2. The van der Waals surface area contributed by atoms with E-state index in [9.17, 15) is 13.6 Å². The lowest BCUT2D eigenvalue weighted by molar-refractivity contribution is -0.107.